The highest BCUT2D eigenvalue weighted by atomic mass is 16.3. The van der Waals surface area contributed by atoms with Crippen LogP contribution in [0.4, 0.5) is 0 Å². The van der Waals surface area contributed by atoms with E-state index in [1.807, 2.05) is 18.2 Å². The van der Waals surface area contributed by atoms with Crippen LogP contribution in [-0.2, 0) is 12.0 Å². The van der Waals surface area contributed by atoms with Crippen LogP contribution in [0.5, 0.6) is 0 Å². The van der Waals surface area contributed by atoms with Gasteiger partial charge in [0.25, 0.3) is 0 Å². The van der Waals surface area contributed by atoms with E-state index in [1.54, 1.807) is 0 Å². The third kappa shape index (κ3) is 3.69. The third-order valence-corrected chi connectivity index (χ3v) is 6.39. The van der Waals surface area contributed by atoms with Crippen LogP contribution in [0.2, 0.25) is 0 Å². The lowest BCUT2D eigenvalue weighted by Crippen LogP contribution is -2.40. The van der Waals surface area contributed by atoms with E-state index >= 15 is 0 Å². The SMILES string of the molecule is OC(Cc1ccccc1)[C@@H]1CN1C(c1ccccc1)(c1ccccc1)c1ccccc1. The maximum absolute atomic E-state index is 11.2. The molecule has 1 N–H and O–H groups in total. The first-order valence-corrected chi connectivity index (χ1v) is 11.0. The van der Waals surface area contributed by atoms with Crippen LogP contribution in [0.1, 0.15) is 22.3 Å². The molecule has 1 fully saturated rings. The minimum Gasteiger partial charge on any atom is -0.391 e. The van der Waals surface area contributed by atoms with Gasteiger partial charge in [0, 0.05) is 6.54 Å². The van der Waals surface area contributed by atoms with Gasteiger partial charge in [-0.1, -0.05) is 121 Å². The van der Waals surface area contributed by atoms with Crippen molar-refractivity contribution in [3.05, 3.63) is 144 Å². The van der Waals surface area contributed by atoms with Gasteiger partial charge < -0.3 is 5.11 Å². The molecular formula is C29H27NO. The van der Waals surface area contributed by atoms with Crippen molar-refractivity contribution < 1.29 is 5.11 Å². The Morgan fingerprint density at radius 3 is 1.45 bits per heavy atom. The van der Waals surface area contributed by atoms with E-state index < -0.39 is 11.6 Å². The largest absolute Gasteiger partial charge is 0.391 e. The molecule has 0 amide bonds. The number of aliphatic hydroxyl groups is 1. The number of nitrogens with zero attached hydrogens (tertiary/aromatic N) is 1. The van der Waals surface area contributed by atoms with Gasteiger partial charge in [0.15, 0.2) is 0 Å². The van der Waals surface area contributed by atoms with Crippen molar-refractivity contribution in [1.82, 2.24) is 4.90 Å². The van der Waals surface area contributed by atoms with E-state index in [1.165, 1.54) is 22.3 Å². The van der Waals surface area contributed by atoms with Gasteiger partial charge in [0.1, 0.15) is 0 Å². The Balaban J connectivity index is 1.60. The molecule has 31 heavy (non-hydrogen) atoms. The molecule has 4 aromatic rings. The van der Waals surface area contributed by atoms with Crippen LogP contribution in [-0.4, -0.2) is 28.7 Å². The first kappa shape index (κ1) is 19.7. The lowest BCUT2D eigenvalue weighted by molar-refractivity contribution is 0.140. The van der Waals surface area contributed by atoms with Gasteiger partial charge in [-0.2, -0.15) is 0 Å². The van der Waals surface area contributed by atoms with Gasteiger partial charge in [0.05, 0.1) is 17.7 Å². The number of hydrogen-bond acceptors (Lipinski definition) is 2. The van der Waals surface area contributed by atoms with Crippen molar-refractivity contribution in [3.63, 3.8) is 0 Å². The van der Waals surface area contributed by atoms with Crippen molar-refractivity contribution in [2.75, 3.05) is 6.54 Å². The zero-order valence-corrected chi connectivity index (χ0v) is 17.5. The molecule has 1 aliphatic rings. The first-order chi connectivity index (χ1) is 15.3. The Labute approximate surface area is 184 Å². The second kappa shape index (κ2) is 8.50. The lowest BCUT2D eigenvalue weighted by Gasteiger charge is -2.38. The molecule has 0 aliphatic carbocycles. The monoisotopic (exact) mass is 405 g/mol. The summed E-state index contributed by atoms with van der Waals surface area (Å²) in [7, 11) is 0. The van der Waals surface area contributed by atoms with Gasteiger partial charge in [0.2, 0.25) is 0 Å². The summed E-state index contributed by atoms with van der Waals surface area (Å²) in [6.07, 6.45) is 0.245. The highest BCUT2D eigenvalue weighted by Gasteiger charge is 2.55. The van der Waals surface area contributed by atoms with Gasteiger partial charge in [-0.05, 0) is 28.7 Å². The smallest absolute Gasteiger partial charge is 0.0977 e. The van der Waals surface area contributed by atoms with Crippen LogP contribution in [0.3, 0.4) is 0 Å². The molecule has 2 nitrogen and oxygen atoms in total. The lowest BCUT2D eigenvalue weighted by atomic mass is 9.76. The predicted molar refractivity (Wildman–Crippen MR) is 126 cm³/mol. The topological polar surface area (TPSA) is 23.2 Å². The molecule has 0 radical (unpaired) electrons. The number of benzene rings is 4. The zero-order valence-electron chi connectivity index (χ0n) is 17.5. The average molecular weight is 406 g/mol. The predicted octanol–water partition coefficient (Wildman–Crippen LogP) is 5.27. The molecule has 2 heteroatoms. The summed E-state index contributed by atoms with van der Waals surface area (Å²) in [4.78, 5) is 2.46. The molecule has 0 spiro atoms. The quantitative estimate of drug-likeness (QED) is 0.335. The Bertz CT molecular complexity index is 1000. The summed E-state index contributed by atoms with van der Waals surface area (Å²) in [6.45, 7) is 0.854. The summed E-state index contributed by atoms with van der Waals surface area (Å²) < 4.78 is 0. The molecule has 1 heterocycles. The summed E-state index contributed by atoms with van der Waals surface area (Å²) in [5.74, 6) is 0. The van der Waals surface area contributed by atoms with E-state index in [0.717, 1.165) is 6.54 Å². The van der Waals surface area contributed by atoms with Gasteiger partial charge in [-0.15, -0.1) is 0 Å². The Hall–Kier alpha value is -3.20. The maximum atomic E-state index is 11.2. The summed E-state index contributed by atoms with van der Waals surface area (Å²) in [6, 6.07) is 42.4. The second-order valence-electron chi connectivity index (χ2n) is 8.29. The Morgan fingerprint density at radius 2 is 1.03 bits per heavy atom. The highest BCUT2D eigenvalue weighted by molar-refractivity contribution is 5.51. The minimum absolute atomic E-state index is 0.0980. The van der Waals surface area contributed by atoms with Gasteiger partial charge in [-0.3, -0.25) is 4.90 Å². The van der Waals surface area contributed by atoms with Crippen molar-refractivity contribution in [2.24, 2.45) is 0 Å². The minimum atomic E-state index is -0.438. The molecule has 0 bridgehead atoms. The van der Waals surface area contributed by atoms with E-state index in [2.05, 4.69) is 108 Å². The maximum Gasteiger partial charge on any atom is 0.0977 e. The normalized spacial score (nSPS) is 19.0. The van der Waals surface area contributed by atoms with E-state index in [-0.39, 0.29) is 6.04 Å². The Kier molecular flexibility index (Phi) is 5.42. The molecule has 0 saturated carbocycles. The number of hydrogen-bond donors (Lipinski definition) is 1. The van der Waals surface area contributed by atoms with Crippen LogP contribution >= 0.6 is 0 Å². The van der Waals surface area contributed by atoms with Crippen molar-refractivity contribution >= 4 is 0 Å². The van der Waals surface area contributed by atoms with E-state index in [0.29, 0.717) is 6.42 Å². The first-order valence-electron chi connectivity index (χ1n) is 11.0. The third-order valence-electron chi connectivity index (χ3n) is 6.39. The second-order valence-corrected chi connectivity index (χ2v) is 8.29. The molecule has 154 valence electrons. The van der Waals surface area contributed by atoms with Crippen molar-refractivity contribution in [3.8, 4) is 0 Å². The molecule has 3 atom stereocenters. The molecule has 1 aliphatic heterocycles. The van der Waals surface area contributed by atoms with Crippen molar-refractivity contribution in [2.45, 2.75) is 24.1 Å². The van der Waals surface area contributed by atoms with Crippen LogP contribution in [0, 0.1) is 0 Å². The molecule has 5 rings (SSSR count). The van der Waals surface area contributed by atoms with Crippen molar-refractivity contribution in [1.29, 1.82) is 0 Å². The molecular weight excluding hydrogens is 378 g/mol. The Morgan fingerprint density at radius 1 is 0.645 bits per heavy atom. The van der Waals surface area contributed by atoms with Gasteiger partial charge in [-0.25, -0.2) is 0 Å². The fourth-order valence-corrected chi connectivity index (χ4v) is 4.90. The van der Waals surface area contributed by atoms with E-state index in [9.17, 15) is 5.11 Å². The standard InChI is InChI=1S/C29H27NO/c31-28(21-23-13-5-1-6-14-23)27-22-30(27)29(24-15-7-2-8-16-24,25-17-9-3-10-18-25)26-19-11-4-12-20-26/h1-20,27-28,31H,21-22H2/t27-,28?,30?/m0/s1. The fraction of sp³-hybridized carbons (Fsp3) is 0.172. The van der Waals surface area contributed by atoms with Gasteiger partial charge >= 0.3 is 0 Å². The van der Waals surface area contributed by atoms with Crippen LogP contribution in [0.25, 0.3) is 0 Å². The summed E-state index contributed by atoms with van der Waals surface area (Å²) >= 11 is 0. The number of rotatable bonds is 7. The summed E-state index contributed by atoms with van der Waals surface area (Å²) in [5.41, 5.74) is 4.41. The highest BCUT2D eigenvalue weighted by Crippen LogP contribution is 2.49. The molecule has 1 saturated heterocycles. The molecule has 0 aromatic heterocycles. The fourth-order valence-electron chi connectivity index (χ4n) is 4.90. The average Bonchev–Trinajstić information content (AvgIpc) is 3.64. The van der Waals surface area contributed by atoms with Crippen LogP contribution in [0.15, 0.2) is 121 Å². The molecule has 2 unspecified atom stereocenters. The zero-order chi connectivity index (χ0) is 21.1. The van der Waals surface area contributed by atoms with E-state index in [4.69, 9.17) is 0 Å². The number of aliphatic hydroxyl groups excluding tert-OH is 1. The molecule has 4 aromatic carbocycles. The summed E-state index contributed by atoms with van der Waals surface area (Å²) in [5, 5.41) is 11.2. The van der Waals surface area contributed by atoms with Crippen LogP contribution < -0.4 is 0 Å².